The van der Waals surface area contributed by atoms with Crippen LogP contribution in [0.15, 0.2) is 0 Å². The van der Waals surface area contributed by atoms with Crippen molar-refractivity contribution >= 4 is 0 Å². The lowest BCUT2D eigenvalue weighted by atomic mass is 9.90. The predicted molar refractivity (Wildman–Crippen MR) is 55.7 cm³/mol. The molecule has 0 radical (unpaired) electrons. The second-order valence-electron chi connectivity index (χ2n) is 4.23. The van der Waals surface area contributed by atoms with E-state index >= 15 is 0 Å². The fourth-order valence-electron chi connectivity index (χ4n) is 2.06. The highest BCUT2D eigenvalue weighted by Gasteiger charge is 2.16. The Bertz CT molecular complexity index is 121. The molecule has 1 aliphatic heterocycles. The smallest absolute Gasteiger partial charge is 0.0543 e. The van der Waals surface area contributed by atoms with Crippen LogP contribution in [0.4, 0.5) is 0 Å². The van der Waals surface area contributed by atoms with E-state index in [1.165, 1.54) is 25.7 Å². The molecule has 13 heavy (non-hydrogen) atoms. The van der Waals surface area contributed by atoms with Crippen LogP contribution in [0.3, 0.4) is 0 Å². The van der Waals surface area contributed by atoms with Crippen molar-refractivity contribution in [2.24, 2.45) is 5.92 Å². The molecule has 0 aromatic carbocycles. The normalized spacial score (nSPS) is 21.7. The van der Waals surface area contributed by atoms with E-state index in [9.17, 15) is 5.11 Å². The molecule has 2 N–H and O–H groups in total. The third-order valence-corrected chi connectivity index (χ3v) is 2.96. The van der Waals surface area contributed by atoms with Gasteiger partial charge in [0.25, 0.3) is 0 Å². The molecule has 78 valence electrons. The van der Waals surface area contributed by atoms with E-state index in [1.807, 2.05) is 0 Å². The average Bonchev–Trinajstić information content (AvgIpc) is 2.16. The van der Waals surface area contributed by atoms with Crippen molar-refractivity contribution in [3.63, 3.8) is 0 Å². The summed E-state index contributed by atoms with van der Waals surface area (Å²) in [6, 6.07) is 0. The van der Waals surface area contributed by atoms with Gasteiger partial charge in [-0.25, -0.2) is 0 Å². The fraction of sp³-hybridized carbons (Fsp3) is 1.00. The quantitative estimate of drug-likeness (QED) is 0.686. The van der Waals surface area contributed by atoms with Gasteiger partial charge < -0.3 is 10.4 Å². The predicted octanol–water partition coefficient (Wildman–Crippen LogP) is 1.93. The van der Waals surface area contributed by atoms with Gasteiger partial charge in [0.15, 0.2) is 0 Å². The van der Waals surface area contributed by atoms with Gasteiger partial charge in [-0.1, -0.05) is 19.8 Å². The minimum atomic E-state index is -0.0388. The van der Waals surface area contributed by atoms with Gasteiger partial charge in [-0.05, 0) is 44.7 Å². The molecule has 0 aliphatic carbocycles. The van der Waals surface area contributed by atoms with Crippen molar-refractivity contribution in [2.75, 3.05) is 13.1 Å². The third kappa shape index (κ3) is 4.63. The summed E-state index contributed by atoms with van der Waals surface area (Å²) in [5.41, 5.74) is 0. The standard InChI is InChI=1S/C11H23NO/c1-2-3-4-11(13)9-10-5-7-12-8-6-10/h10-13H,2-9H2,1H3. The maximum absolute atomic E-state index is 9.71. The van der Waals surface area contributed by atoms with Crippen molar-refractivity contribution in [2.45, 2.75) is 51.6 Å². The summed E-state index contributed by atoms with van der Waals surface area (Å²) < 4.78 is 0. The molecular weight excluding hydrogens is 162 g/mol. The highest BCUT2D eigenvalue weighted by molar-refractivity contribution is 4.71. The first kappa shape index (κ1) is 11.0. The molecule has 0 amide bonds. The number of hydrogen-bond donors (Lipinski definition) is 2. The number of aliphatic hydroxyl groups is 1. The molecule has 1 aliphatic rings. The molecule has 0 aromatic rings. The van der Waals surface area contributed by atoms with Crippen LogP contribution in [-0.4, -0.2) is 24.3 Å². The number of rotatable bonds is 5. The van der Waals surface area contributed by atoms with E-state index in [4.69, 9.17) is 0 Å². The van der Waals surface area contributed by atoms with Crippen LogP contribution in [0.5, 0.6) is 0 Å². The highest BCUT2D eigenvalue weighted by atomic mass is 16.3. The topological polar surface area (TPSA) is 32.3 Å². The van der Waals surface area contributed by atoms with Gasteiger partial charge in [-0.15, -0.1) is 0 Å². The van der Waals surface area contributed by atoms with Crippen LogP contribution in [0.2, 0.25) is 0 Å². The molecule has 2 heteroatoms. The molecule has 0 aromatic heterocycles. The monoisotopic (exact) mass is 185 g/mol. The van der Waals surface area contributed by atoms with E-state index in [0.717, 1.165) is 31.8 Å². The van der Waals surface area contributed by atoms with Crippen molar-refractivity contribution in [3.05, 3.63) is 0 Å². The lowest BCUT2D eigenvalue weighted by Gasteiger charge is -2.24. The fourth-order valence-corrected chi connectivity index (χ4v) is 2.06. The Kier molecular flexibility index (Phi) is 5.40. The number of aliphatic hydroxyl groups excluding tert-OH is 1. The van der Waals surface area contributed by atoms with Gasteiger partial charge in [0.05, 0.1) is 6.10 Å². The maximum Gasteiger partial charge on any atom is 0.0543 e. The van der Waals surface area contributed by atoms with Crippen molar-refractivity contribution < 1.29 is 5.11 Å². The van der Waals surface area contributed by atoms with Crippen LogP contribution < -0.4 is 5.32 Å². The molecule has 2 nitrogen and oxygen atoms in total. The Morgan fingerprint density at radius 2 is 2.08 bits per heavy atom. The summed E-state index contributed by atoms with van der Waals surface area (Å²) in [6.45, 7) is 4.47. The Morgan fingerprint density at radius 3 is 2.69 bits per heavy atom. The summed E-state index contributed by atoms with van der Waals surface area (Å²) in [5.74, 6) is 0.771. The van der Waals surface area contributed by atoms with Crippen LogP contribution in [0.1, 0.15) is 45.4 Å². The summed E-state index contributed by atoms with van der Waals surface area (Å²) in [6.07, 6.45) is 6.87. The molecule has 1 saturated heterocycles. The van der Waals surface area contributed by atoms with E-state index < -0.39 is 0 Å². The minimum absolute atomic E-state index is 0.0388. The van der Waals surface area contributed by atoms with E-state index in [-0.39, 0.29) is 6.10 Å². The number of hydrogen-bond acceptors (Lipinski definition) is 2. The van der Waals surface area contributed by atoms with Gasteiger partial charge in [-0.3, -0.25) is 0 Å². The van der Waals surface area contributed by atoms with Gasteiger partial charge in [0, 0.05) is 0 Å². The summed E-state index contributed by atoms with van der Waals surface area (Å²) >= 11 is 0. The molecule has 1 fully saturated rings. The molecule has 0 spiro atoms. The van der Waals surface area contributed by atoms with Crippen LogP contribution >= 0.6 is 0 Å². The van der Waals surface area contributed by atoms with Gasteiger partial charge >= 0.3 is 0 Å². The summed E-state index contributed by atoms with van der Waals surface area (Å²) in [4.78, 5) is 0. The largest absolute Gasteiger partial charge is 0.393 e. The van der Waals surface area contributed by atoms with Gasteiger partial charge in [0.2, 0.25) is 0 Å². The zero-order chi connectivity index (χ0) is 9.52. The second-order valence-corrected chi connectivity index (χ2v) is 4.23. The van der Waals surface area contributed by atoms with E-state index in [1.54, 1.807) is 0 Å². The maximum atomic E-state index is 9.71. The number of nitrogens with one attached hydrogen (secondary N) is 1. The van der Waals surface area contributed by atoms with Crippen molar-refractivity contribution in [1.29, 1.82) is 0 Å². The first-order valence-electron chi connectivity index (χ1n) is 5.71. The molecule has 1 unspecified atom stereocenters. The van der Waals surface area contributed by atoms with E-state index in [2.05, 4.69) is 12.2 Å². The van der Waals surface area contributed by atoms with Crippen LogP contribution in [-0.2, 0) is 0 Å². The first-order valence-corrected chi connectivity index (χ1v) is 5.71. The number of unbranched alkanes of at least 4 members (excludes halogenated alkanes) is 1. The Balaban J connectivity index is 2.07. The van der Waals surface area contributed by atoms with Crippen molar-refractivity contribution in [3.8, 4) is 0 Å². The van der Waals surface area contributed by atoms with E-state index in [0.29, 0.717) is 0 Å². The highest BCUT2D eigenvalue weighted by Crippen LogP contribution is 2.19. The van der Waals surface area contributed by atoms with Gasteiger partial charge in [-0.2, -0.15) is 0 Å². The first-order chi connectivity index (χ1) is 6.33. The lowest BCUT2D eigenvalue weighted by Crippen LogP contribution is -2.29. The Morgan fingerprint density at radius 1 is 1.38 bits per heavy atom. The van der Waals surface area contributed by atoms with Crippen LogP contribution in [0, 0.1) is 5.92 Å². The van der Waals surface area contributed by atoms with Crippen molar-refractivity contribution in [1.82, 2.24) is 5.32 Å². The summed E-state index contributed by atoms with van der Waals surface area (Å²) in [7, 11) is 0. The molecule has 1 heterocycles. The minimum Gasteiger partial charge on any atom is -0.393 e. The second kappa shape index (κ2) is 6.39. The van der Waals surface area contributed by atoms with Crippen LogP contribution in [0.25, 0.3) is 0 Å². The number of piperidine rings is 1. The Labute approximate surface area is 81.7 Å². The SMILES string of the molecule is CCCCC(O)CC1CCNCC1. The third-order valence-electron chi connectivity index (χ3n) is 2.96. The molecule has 0 saturated carbocycles. The summed E-state index contributed by atoms with van der Waals surface area (Å²) in [5, 5.41) is 13.1. The zero-order valence-corrected chi connectivity index (χ0v) is 8.76. The lowest BCUT2D eigenvalue weighted by molar-refractivity contribution is 0.121. The zero-order valence-electron chi connectivity index (χ0n) is 8.76. The molecular formula is C11H23NO. The molecule has 0 bridgehead atoms. The molecule has 1 rings (SSSR count). The Hall–Kier alpha value is -0.0800. The van der Waals surface area contributed by atoms with Gasteiger partial charge in [0.1, 0.15) is 0 Å². The average molecular weight is 185 g/mol. The molecule has 1 atom stereocenters.